The quantitative estimate of drug-likeness (QED) is 0.647. The number of rotatable bonds is 5. The largest absolute Gasteiger partial charge is 0.465 e. The number of nitrogens with zero attached hydrogens (tertiary/aromatic N) is 2. The number of benzene rings is 2. The number of aromatic nitrogens is 1. The van der Waals surface area contributed by atoms with E-state index in [1.165, 1.54) is 12.1 Å². The minimum atomic E-state index is -0.437. The van der Waals surface area contributed by atoms with Crippen LogP contribution < -0.4 is 4.80 Å². The minimum absolute atomic E-state index is 0.0864. The summed E-state index contributed by atoms with van der Waals surface area (Å²) in [5.74, 6) is -1.15. The van der Waals surface area contributed by atoms with Crippen molar-refractivity contribution in [3.8, 4) is 0 Å². The lowest BCUT2D eigenvalue weighted by atomic mass is 10.1. The Bertz CT molecular complexity index is 1010. The van der Waals surface area contributed by atoms with Crippen molar-refractivity contribution in [2.45, 2.75) is 19.9 Å². The van der Waals surface area contributed by atoms with E-state index in [-0.39, 0.29) is 31.3 Å². The fraction of sp³-hybridized carbons (Fsp3) is 0.211. The number of esters is 1. The van der Waals surface area contributed by atoms with Gasteiger partial charge >= 0.3 is 5.97 Å². The average molecular weight is 372 g/mol. The molecule has 3 aromatic rings. The third-order valence-corrected chi connectivity index (χ3v) is 4.70. The molecule has 0 spiro atoms. The summed E-state index contributed by atoms with van der Waals surface area (Å²) in [4.78, 5) is 28.7. The Labute approximate surface area is 153 Å². The highest BCUT2D eigenvalue weighted by molar-refractivity contribution is 7.16. The van der Waals surface area contributed by atoms with E-state index in [1.807, 2.05) is 30.3 Å². The Kier molecular flexibility index (Phi) is 5.58. The van der Waals surface area contributed by atoms with E-state index >= 15 is 0 Å². The van der Waals surface area contributed by atoms with Crippen LogP contribution in [0.4, 0.5) is 4.39 Å². The van der Waals surface area contributed by atoms with E-state index in [1.54, 1.807) is 17.6 Å². The molecule has 0 fully saturated rings. The third-order valence-electron chi connectivity index (χ3n) is 3.66. The molecular formula is C19H17FN2O3S. The van der Waals surface area contributed by atoms with Gasteiger partial charge in [-0.05, 0) is 30.7 Å². The fourth-order valence-corrected chi connectivity index (χ4v) is 3.61. The van der Waals surface area contributed by atoms with E-state index in [0.29, 0.717) is 15.0 Å². The molecule has 3 rings (SSSR count). The SMILES string of the molecule is CCOC(=O)Cn1c(=NC(=O)Cc2ccccc2)sc2cc(F)ccc21. The van der Waals surface area contributed by atoms with E-state index in [2.05, 4.69) is 4.99 Å². The molecule has 0 aliphatic rings. The van der Waals surface area contributed by atoms with Crippen LogP contribution in [0.1, 0.15) is 12.5 Å². The van der Waals surface area contributed by atoms with E-state index < -0.39 is 5.97 Å². The molecule has 0 saturated heterocycles. The van der Waals surface area contributed by atoms with Crippen LogP contribution in [0.25, 0.3) is 10.2 Å². The summed E-state index contributed by atoms with van der Waals surface area (Å²) in [7, 11) is 0. The molecule has 0 aliphatic heterocycles. The molecule has 0 N–H and O–H groups in total. The fourth-order valence-electron chi connectivity index (χ4n) is 2.54. The lowest BCUT2D eigenvalue weighted by molar-refractivity contribution is -0.143. The molecule has 0 atom stereocenters. The summed E-state index contributed by atoms with van der Waals surface area (Å²) >= 11 is 1.16. The van der Waals surface area contributed by atoms with Crippen LogP contribution in [0.5, 0.6) is 0 Å². The van der Waals surface area contributed by atoms with Gasteiger partial charge in [0.15, 0.2) is 4.80 Å². The molecule has 0 radical (unpaired) electrons. The number of hydrogen-bond donors (Lipinski definition) is 0. The standard InChI is InChI=1S/C19H17FN2O3S/c1-2-25-18(24)12-22-15-9-8-14(20)11-16(15)26-19(22)21-17(23)10-13-6-4-3-5-7-13/h3-9,11H,2,10,12H2,1H3. The van der Waals surface area contributed by atoms with Crippen molar-refractivity contribution in [2.75, 3.05) is 6.61 Å². The van der Waals surface area contributed by atoms with E-state index in [4.69, 9.17) is 4.74 Å². The molecule has 5 nitrogen and oxygen atoms in total. The van der Waals surface area contributed by atoms with Gasteiger partial charge in [0.25, 0.3) is 5.91 Å². The zero-order chi connectivity index (χ0) is 18.5. The normalized spacial score (nSPS) is 11.7. The van der Waals surface area contributed by atoms with Gasteiger partial charge in [-0.3, -0.25) is 9.59 Å². The van der Waals surface area contributed by atoms with Crippen LogP contribution >= 0.6 is 11.3 Å². The van der Waals surface area contributed by atoms with Crippen molar-refractivity contribution < 1.29 is 18.7 Å². The molecule has 1 aromatic heterocycles. The summed E-state index contributed by atoms with van der Waals surface area (Å²) in [5.41, 5.74) is 1.49. The van der Waals surface area contributed by atoms with Crippen molar-refractivity contribution in [2.24, 2.45) is 4.99 Å². The van der Waals surface area contributed by atoms with E-state index in [9.17, 15) is 14.0 Å². The van der Waals surface area contributed by atoms with Crippen LogP contribution in [0.3, 0.4) is 0 Å². The van der Waals surface area contributed by atoms with Gasteiger partial charge in [0, 0.05) is 0 Å². The number of halogens is 1. The van der Waals surface area contributed by atoms with Crippen molar-refractivity contribution in [3.05, 3.63) is 64.7 Å². The summed E-state index contributed by atoms with van der Waals surface area (Å²) < 4.78 is 20.7. The molecule has 134 valence electrons. The summed E-state index contributed by atoms with van der Waals surface area (Å²) in [6.07, 6.45) is 0.156. The smallest absolute Gasteiger partial charge is 0.326 e. The van der Waals surface area contributed by atoms with Crippen LogP contribution in [-0.2, 0) is 27.3 Å². The Hall–Kier alpha value is -2.80. The molecule has 26 heavy (non-hydrogen) atoms. The maximum absolute atomic E-state index is 13.5. The predicted molar refractivity (Wildman–Crippen MR) is 97.1 cm³/mol. The van der Waals surface area contributed by atoms with Crippen LogP contribution in [0.15, 0.2) is 53.5 Å². The van der Waals surface area contributed by atoms with E-state index in [0.717, 1.165) is 16.9 Å². The molecule has 0 aliphatic carbocycles. The number of amides is 1. The number of fused-ring (bicyclic) bond motifs is 1. The first-order valence-electron chi connectivity index (χ1n) is 8.13. The van der Waals surface area contributed by atoms with Crippen molar-refractivity contribution in [1.29, 1.82) is 0 Å². The van der Waals surface area contributed by atoms with Gasteiger partial charge in [0.1, 0.15) is 12.4 Å². The first-order valence-corrected chi connectivity index (χ1v) is 8.94. The zero-order valence-electron chi connectivity index (χ0n) is 14.1. The van der Waals surface area contributed by atoms with Gasteiger partial charge in [-0.1, -0.05) is 41.7 Å². The number of carbonyl (C=O) groups excluding carboxylic acids is 2. The maximum Gasteiger partial charge on any atom is 0.326 e. The molecule has 1 amide bonds. The molecule has 0 unspecified atom stereocenters. The van der Waals surface area contributed by atoms with Crippen LogP contribution in [0, 0.1) is 5.82 Å². The van der Waals surface area contributed by atoms with Crippen LogP contribution in [0.2, 0.25) is 0 Å². The number of thiazole rings is 1. The minimum Gasteiger partial charge on any atom is -0.465 e. The van der Waals surface area contributed by atoms with Gasteiger partial charge in [-0.15, -0.1) is 0 Å². The highest BCUT2D eigenvalue weighted by Gasteiger charge is 2.13. The lowest BCUT2D eigenvalue weighted by Gasteiger charge is -2.05. The highest BCUT2D eigenvalue weighted by Crippen LogP contribution is 2.19. The summed E-state index contributed by atoms with van der Waals surface area (Å²) in [5, 5.41) is 0. The monoisotopic (exact) mass is 372 g/mol. The molecule has 0 saturated carbocycles. The lowest BCUT2D eigenvalue weighted by Crippen LogP contribution is -2.23. The molecular weight excluding hydrogens is 355 g/mol. The second-order valence-corrected chi connectivity index (χ2v) is 6.56. The molecule has 2 aromatic carbocycles. The second kappa shape index (κ2) is 8.05. The van der Waals surface area contributed by atoms with Crippen LogP contribution in [-0.4, -0.2) is 23.1 Å². The van der Waals surface area contributed by atoms with Gasteiger partial charge in [-0.25, -0.2) is 4.39 Å². The van der Waals surface area contributed by atoms with Gasteiger partial charge < -0.3 is 9.30 Å². The maximum atomic E-state index is 13.5. The Morgan fingerprint density at radius 3 is 2.69 bits per heavy atom. The first kappa shape index (κ1) is 18.0. The van der Waals surface area contributed by atoms with Crippen molar-refractivity contribution in [3.63, 3.8) is 0 Å². The molecule has 1 heterocycles. The number of ether oxygens (including phenoxy) is 1. The second-order valence-electron chi connectivity index (χ2n) is 5.56. The topological polar surface area (TPSA) is 60.7 Å². The van der Waals surface area contributed by atoms with Gasteiger partial charge in [-0.2, -0.15) is 4.99 Å². The highest BCUT2D eigenvalue weighted by atomic mass is 32.1. The number of hydrogen-bond acceptors (Lipinski definition) is 4. The van der Waals surface area contributed by atoms with Gasteiger partial charge in [0.2, 0.25) is 0 Å². The molecule has 7 heteroatoms. The Morgan fingerprint density at radius 1 is 1.19 bits per heavy atom. The van der Waals surface area contributed by atoms with Gasteiger partial charge in [0.05, 0.1) is 23.2 Å². The summed E-state index contributed by atoms with van der Waals surface area (Å²) in [6, 6.07) is 13.5. The van der Waals surface area contributed by atoms with Crippen molar-refractivity contribution in [1.82, 2.24) is 4.57 Å². The zero-order valence-corrected chi connectivity index (χ0v) is 15.0. The third kappa shape index (κ3) is 4.23. The Morgan fingerprint density at radius 2 is 1.96 bits per heavy atom. The average Bonchev–Trinajstić information content (AvgIpc) is 2.92. The summed E-state index contributed by atoms with van der Waals surface area (Å²) in [6.45, 7) is 1.89. The molecule has 0 bridgehead atoms. The predicted octanol–water partition coefficient (Wildman–Crippen LogP) is 3.08. The number of carbonyl (C=O) groups is 2. The van der Waals surface area contributed by atoms with Crippen molar-refractivity contribution >= 4 is 33.4 Å². The Balaban J connectivity index is 2.00. The first-order chi connectivity index (χ1) is 12.6.